The van der Waals surface area contributed by atoms with E-state index >= 15 is 0 Å². The van der Waals surface area contributed by atoms with E-state index in [0.717, 1.165) is 25.7 Å². The van der Waals surface area contributed by atoms with E-state index in [4.69, 9.17) is 0 Å². The second kappa shape index (κ2) is 6.66. The van der Waals surface area contributed by atoms with E-state index in [1.54, 1.807) is 0 Å². The molecule has 1 aliphatic heterocycles. The van der Waals surface area contributed by atoms with Crippen molar-refractivity contribution < 1.29 is 13.2 Å². The largest absolute Gasteiger partial charge is 0.299 e. The van der Waals surface area contributed by atoms with E-state index in [2.05, 4.69) is 0 Å². The topological polar surface area (TPSA) is 54.5 Å². The second-order valence-electron chi connectivity index (χ2n) is 5.31. The van der Waals surface area contributed by atoms with Crippen LogP contribution in [0.2, 0.25) is 0 Å². The van der Waals surface area contributed by atoms with Crippen molar-refractivity contribution in [2.45, 2.75) is 46.0 Å². The van der Waals surface area contributed by atoms with Crippen LogP contribution in [0.5, 0.6) is 0 Å². The Morgan fingerprint density at radius 2 is 1.94 bits per heavy atom. The van der Waals surface area contributed by atoms with Gasteiger partial charge >= 0.3 is 0 Å². The summed E-state index contributed by atoms with van der Waals surface area (Å²) in [6, 6.07) is 0. The summed E-state index contributed by atoms with van der Waals surface area (Å²) in [5.41, 5.74) is 0. The molecule has 1 heterocycles. The first-order valence-electron chi connectivity index (χ1n) is 6.86. The normalized spacial score (nSPS) is 22.3. The summed E-state index contributed by atoms with van der Waals surface area (Å²) < 4.78 is 24.5. The average molecular weight is 275 g/mol. The SMILES string of the molecule is CCC(CC)C(=O)CC1CCCN(S(C)(=O)=O)C1. The smallest absolute Gasteiger partial charge is 0.211 e. The minimum Gasteiger partial charge on any atom is -0.299 e. The van der Waals surface area contributed by atoms with Gasteiger partial charge in [-0.3, -0.25) is 4.79 Å². The van der Waals surface area contributed by atoms with Crippen molar-refractivity contribution in [2.75, 3.05) is 19.3 Å². The molecule has 1 rings (SSSR count). The molecule has 18 heavy (non-hydrogen) atoms. The van der Waals surface area contributed by atoms with E-state index in [1.165, 1.54) is 10.6 Å². The van der Waals surface area contributed by atoms with Gasteiger partial charge in [-0.15, -0.1) is 0 Å². The third-order valence-electron chi connectivity index (χ3n) is 3.88. The molecular weight excluding hydrogens is 250 g/mol. The molecule has 1 saturated heterocycles. The third-order valence-corrected chi connectivity index (χ3v) is 5.15. The number of carbonyl (C=O) groups is 1. The minimum atomic E-state index is -3.10. The van der Waals surface area contributed by atoms with Gasteiger partial charge < -0.3 is 0 Å². The molecule has 4 nitrogen and oxygen atoms in total. The fourth-order valence-corrected chi connectivity index (χ4v) is 3.63. The Morgan fingerprint density at radius 3 is 2.44 bits per heavy atom. The van der Waals surface area contributed by atoms with Crippen LogP contribution in [0.15, 0.2) is 0 Å². The highest BCUT2D eigenvalue weighted by molar-refractivity contribution is 7.88. The molecule has 0 aromatic heterocycles. The molecule has 1 unspecified atom stereocenters. The quantitative estimate of drug-likeness (QED) is 0.745. The number of hydrogen-bond donors (Lipinski definition) is 0. The zero-order valence-electron chi connectivity index (χ0n) is 11.7. The molecule has 1 atom stereocenters. The zero-order valence-corrected chi connectivity index (χ0v) is 12.5. The molecule has 0 aromatic rings. The monoisotopic (exact) mass is 275 g/mol. The van der Waals surface area contributed by atoms with Gasteiger partial charge in [-0.1, -0.05) is 13.8 Å². The van der Waals surface area contributed by atoms with Crippen molar-refractivity contribution in [2.24, 2.45) is 11.8 Å². The molecule has 0 bridgehead atoms. The number of Topliss-reactive ketones (excluding diaryl/α,β-unsaturated/α-hetero) is 1. The van der Waals surface area contributed by atoms with Crippen molar-refractivity contribution in [1.29, 1.82) is 0 Å². The van der Waals surface area contributed by atoms with Crippen LogP contribution >= 0.6 is 0 Å². The summed E-state index contributed by atoms with van der Waals surface area (Å²) in [4.78, 5) is 12.1. The van der Waals surface area contributed by atoms with Crippen LogP contribution in [0.1, 0.15) is 46.0 Å². The lowest BCUT2D eigenvalue weighted by molar-refractivity contribution is -0.124. The van der Waals surface area contributed by atoms with Gasteiger partial charge in [0.2, 0.25) is 10.0 Å². The van der Waals surface area contributed by atoms with Crippen LogP contribution in [0.4, 0.5) is 0 Å². The standard InChI is InChI=1S/C13H25NO3S/c1-4-12(5-2)13(15)9-11-7-6-8-14(10-11)18(3,16)17/h11-12H,4-10H2,1-3H3. The molecule has 0 spiro atoms. The maximum absolute atomic E-state index is 12.1. The Bertz CT molecular complexity index is 374. The van der Waals surface area contributed by atoms with Crippen LogP contribution in [0.25, 0.3) is 0 Å². The van der Waals surface area contributed by atoms with Gasteiger partial charge in [-0.05, 0) is 31.6 Å². The van der Waals surface area contributed by atoms with Gasteiger partial charge in [0.15, 0.2) is 0 Å². The fourth-order valence-electron chi connectivity index (χ4n) is 2.69. The number of nitrogens with zero attached hydrogens (tertiary/aromatic N) is 1. The van der Waals surface area contributed by atoms with E-state index in [-0.39, 0.29) is 11.8 Å². The molecule has 0 aromatic carbocycles. The number of ketones is 1. The molecule has 0 amide bonds. The highest BCUT2D eigenvalue weighted by Crippen LogP contribution is 2.24. The Kier molecular flexibility index (Phi) is 5.79. The fraction of sp³-hybridized carbons (Fsp3) is 0.923. The molecule has 1 fully saturated rings. The van der Waals surface area contributed by atoms with Crippen LogP contribution in [0.3, 0.4) is 0 Å². The minimum absolute atomic E-state index is 0.151. The van der Waals surface area contributed by atoms with Gasteiger partial charge in [0.1, 0.15) is 5.78 Å². The number of rotatable bonds is 6. The summed E-state index contributed by atoms with van der Waals surface area (Å²) >= 11 is 0. The summed E-state index contributed by atoms with van der Waals surface area (Å²) in [6.45, 7) is 5.20. The van der Waals surface area contributed by atoms with Crippen molar-refractivity contribution in [3.8, 4) is 0 Å². The molecule has 0 N–H and O–H groups in total. The van der Waals surface area contributed by atoms with Crippen LogP contribution in [-0.4, -0.2) is 37.9 Å². The first-order valence-corrected chi connectivity index (χ1v) is 8.71. The second-order valence-corrected chi connectivity index (χ2v) is 7.30. The van der Waals surface area contributed by atoms with Crippen molar-refractivity contribution in [3.63, 3.8) is 0 Å². The highest BCUT2D eigenvalue weighted by Gasteiger charge is 2.28. The molecular formula is C13H25NO3S. The third kappa shape index (κ3) is 4.35. The lowest BCUT2D eigenvalue weighted by Gasteiger charge is -2.31. The van der Waals surface area contributed by atoms with Crippen LogP contribution in [-0.2, 0) is 14.8 Å². The number of hydrogen-bond acceptors (Lipinski definition) is 3. The summed E-state index contributed by atoms with van der Waals surface area (Å²) in [5, 5.41) is 0. The summed E-state index contributed by atoms with van der Waals surface area (Å²) in [6.07, 6.45) is 5.40. The van der Waals surface area contributed by atoms with E-state index in [0.29, 0.717) is 25.3 Å². The molecule has 0 aliphatic carbocycles. The molecule has 5 heteroatoms. The summed E-state index contributed by atoms with van der Waals surface area (Å²) in [5.74, 6) is 0.667. The lowest BCUT2D eigenvalue weighted by atomic mass is 9.87. The maximum Gasteiger partial charge on any atom is 0.211 e. The van der Waals surface area contributed by atoms with E-state index < -0.39 is 10.0 Å². The molecule has 1 aliphatic rings. The number of sulfonamides is 1. The van der Waals surface area contributed by atoms with Gasteiger partial charge in [-0.25, -0.2) is 12.7 Å². The Labute approximate surface area is 111 Å². The maximum atomic E-state index is 12.1. The van der Waals surface area contributed by atoms with Crippen molar-refractivity contribution >= 4 is 15.8 Å². The van der Waals surface area contributed by atoms with Gasteiger partial charge in [0, 0.05) is 25.4 Å². The first kappa shape index (κ1) is 15.6. The number of piperidine rings is 1. The predicted molar refractivity (Wildman–Crippen MR) is 72.8 cm³/mol. The van der Waals surface area contributed by atoms with Crippen molar-refractivity contribution in [3.05, 3.63) is 0 Å². The molecule has 0 saturated carbocycles. The highest BCUT2D eigenvalue weighted by atomic mass is 32.2. The summed E-state index contributed by atoms with van der Waals surface area (Å²) in [7, 11) is -3.10. The van der Waals surface area contributed by atoms with Gasteiger partial charge in [0.05, 0.1) is 6.26 Å². The lowest BCUT2D eigenvalue weighted by Crippen LogP contribution is -2.40. The average Bonchev–Trinajstić information content (AvgIpc) is 2.29. The van der Waals surface area contributed by atoms with Crippen LogP contribution < -0.4 is 0 Å². The van der Waals surface area contributed by atoms with Crippen LogP contribution in [0, 0.1) is 11.8 Å². The number of carbonyl (C=O) groups excluding carboxylic acids is 1. The first-order chi connectivity index (χ1) is 8.38. The predicted octanol–water partition coefficient (Wildman–Crippen LogP) is 2.05. The van der Waals surface area contributed by atoms with Crippen molar-refractivity contribution in [1.82, 2.24) is 4.31 Å². The molecule has 0 radical (unpaired) electrons. The van der Waals surface area contributed by atoms with Gasteiger partial charge in [0.25, 0.3) is 0 Å². The van der Waals surface area contributed by atoms with E-state index in [1.807, 2.05) is 13.8 Å². The Hall–Kier alpha value is -0.420. The van der Waals surface area contributed by atoms with E-state index in [9.17, 15) is 13.2 Å². The van der Waals surface area contributed by atoms with Gasteiger partial charge in [-0.2, -0.15) is 0 Å². The molecule has 106 valence electrons. The zero-order chi connectivity index (χ0) is 13.8. The Morgan fingerprint density at radius 1 is 1.33 bits per heavy atom. The Balaban J connectivity index is 2.55.